The van der Waals surface area contributed by atoms with Crippen LogP contribution >= 0.6 is 0 Å². The third-order valence-corrected chi connectivity index (χ3v) is 9.32. The molecule has 0 amide bonds. The van der Waals surface area contributed by atoms with E-state index in [0.717, 1.165) is 82.8 Å². The number of para-hydroxylation sites is 2. The minimum Gasteiger partial charge on any atom is -0.456 e. The van der Waals surface area contributed by atoms with Gasteiger partial charge in [-0.2, -0.15) is 0 Å². The van der Waals surface area contributed by atoms with E-state index in [1.807, 2.05) is 66.7 Å². The maximum absolute atomic E-state index is 6.59. The van der Waals surface area contributed by atoms with Crippen molar-refractivity contribution in [1.29, 1.82) is 0 Å². The standard InChI is InChI=1S/C45H27N3O2/c1-3-12-28(13-4-1)30-16-9-18-32(24-30)44-46-43(29-14-5-2-6-15-29)47-45(48-44)33-19-10-17-31(25-33)34-21-11-22-36-38-26-37-35-20-7-8-23-39(35)49-40(37)27-41(38)50-42(34)36/h1-27H. The number of furan rings is 2. The summed E-state index contributed by atoms with van der Waals surface area (Å²) in [7, 11) is 0. The summed E-state index contributed by atoms with van der Waals surface area (Å²) >= 11 is 0. The SMILES string of the molecule is c1ccc(-c2cccc(-c3nc(-c4ccccc4)nc(-c4cccc(-c5cccc6c5oc5cc7oc8ccccc8c7cc56)c4)n3)c2)cc1. The average Bonchev–Trinajstić information content (AvgIpc) is 3.75. The molecule has 50 heavy (non-hydrogen) atoms. The summed E-state index contributed by atoms with van der Waals surface area (Å²) in [5.41, 5.74) is 10.3. The number of aromatic nitrogens is 3. The number of hydrogen-bond donors (Lipinski definition) is 0. The Bertz CT molecular complexity index is 2870. The van der Waals surface area contributed by atoms with E-state index in [-0.39, 0.29) is 0 Å². The van der Waals surface area contributed by atoms with E-state index in [0.29, 0.717) is 17.5 Å². The molecule has 0 N–H and O–H groups in total. The number of fused-ring (bicyclic) bond motifs is 6. The van der Waals surface area contributed by atoms with Gasteiger partial charge in [-0.1, -0.05) is 133 Å². The van der Waals surface area contributed by atoms with Gasteiger partial charge in [0.2, 0.25) is 0 Å². The van der Waals surface area contributed by atoms with E-state index in [9.17, 15) is 0 Å². The van der Waals surface area contributed by atoms with Crippen LogP contribution in [0.4, 0.5) is 0 Å². The fraction of sp³-hybridized carbons (Fsp3) is 0. The largest absolute Gasteiger partial charge is 0.456 e. The van der Waals surface area contributed by atoms with Gasteiger partial charge in [0.1, 0.15) is 22.3 Å². The van der Waals surface area contributed by atoms with Gasteiger partial charge >= 0.3 is 0 Å². The third-order valence-electron chi connectivity index (χ3n) is 9.32. The number of benzene rings is 7. The van der Waals surface area contributed by atoms with Crippen LogP contribution in [0, 0.1) is 0 Å². The molecule has 7 aromatic carbocycles. The molecule has 234 valence electrons. The van der Waals surface area contributed by atoms with E-state index in [1.54, 1.807) is 0 Å². The molecular weight excluding hydrogens is 615 g/mol. The van der Waals surface area contributed by atoms with E-state index in [2.05, 4.69) is 97.1 Å². The molecule has 0 bridgehead atoms. The first-order valence-corrected chi connectivity index (χ1v) is 16.6. The molecule has 3 heterocycles. The molecule has 3 aromatic heterocycles. The van der Waals surface area contributed by atoms with E-state index < -0.39 is 0 Å². The fourth-order valence-electron chi connectivity index (χ4n) is 6.89. The van der Waals surface area contributed by atoms with Gasteiger partial charge in [0.05, 0.1) is 0 Å². The lowest BCUT2D eigenvalue weighted by molar-refractivity contribution is 0.656. The Kier molecular flexibility index (Phi) is 6.42. The summed E-state index contributed by atoms with van der Waals surface area (Å²) < 4.78 is 12.8. The van der Waals surface area contributed by atoms with Crippen molar-refractivity contribution in [3.05, 3.63) is 164 Å². The van der Waals surface area contributed by atoms with Crippen molar-refractivity contribution in [2.24, 2.45) is 0 Å². The molecule has 0 fully saturated rings. The summed E-state index contributed by atoms with van der Waals surface area (Å²) in [6.07, 6.45) is 0. The predicted molar refractivity (Wildman–Crippen MR) is 202 cm³/mol. The van der Waals surface area contributed by atoms with E-state index in [1.165, 1.54) is 0 Å². The van der Waals surface area contributed by atoms with Crippen molar-refractivity contribution in [2.45, 2.75) is 0 Å². The molecule has 0 aliphatic carbocycles. The molecule has 0 saturated carbocycles. The van der Waals surface area contributed by atoms with Gasteiger partial charge in [0, 0.05) is 49.9 Å². The van der Waals surface area contributed by atoms with E-state index >= 15 is 0 Å². The van der Waals surface area contributed by atoms with Gasteiger partial charge in [-0.15, -0.1) is 0 Å². The first-order valence-electron chi connectivity index (χ1n) is 16.6. The smallest absolute Gasteiger partial charge is 0.164 e. The van der Waals surface area contributed by atoms with Gasteiger partial charge in [-0.05, 0) is 41.0 Å². The zero-order valence-corrected chi connectivity index (χ0v) is 26.7. The number of nitrogens with zero attached hydrogens (tertiary/aromatic N) is 3. The lowest BCUT2D eigenvalue weighted by Crippen LogP contribution is -2.00. The molecule has 5 nitrogen and oxygen atoms in total. The fourth-order valence-corrected chi connectivity index (χ4v) is 6.89. The van der Waals surface area contributed by atoms with Gasteiger partial charge < -0.3 is 8.83 Å². The maximum atomic E-state index is 6.59. The summed E-state index contributed by atoms with van der Waals surface area (Å²) in [5.74, 6) is 1.84. The summed E-state index contributed by atoms with van der Waals surface area (Å²) in [6.45, 7) is 0. The highest BCUT2D eigenvalue weighted by Crippen LogP contribution is 2.40. The van der Waals surface area contributed by atoms with Crippen LogP contribution in [-0.2, 0) is 0 Å². The number of rotatable bonds is 5. The summed E-state index contributed by atoms with van der Waals surface area (Å²) in [4.78, 5) is 15.0. The Morgan fingerprint density at radius 2 is 0.820 bits per heavy atom. The molecule has 0 unspecified atom stereocenters. The highest BCUT2D eigenvalue weighted by Gasteiger charge is 2.18. The highest BCUT2D eigenvalue weighted by molar-refractivity contribution is 6.16. The van der Waals surface area contributed by atoms with Crippen molar-refractivity contribution < 1.29 is 8.83 Å². The van der Waals surface area contributed by atoms with Gasteiger partial charge in [0.25, 0.3) is 0 Å². The van der Waals surface area contributed by atoms with Gasteiger partial charge in [0.15, 0.2) is 17.5 Å². The van der Waals surface area contributed by atoms with Crippen LogP contribution in [0.2, 0.25) is 0 Å². The first kappa shape index (κ1) is 28.2. The van der Waals surface area contributed by atoms with Crippen molar-refractivity contribution in [2.75, 3.05) is 0 Å². The Labute approximate surface area is 287 Å². The van der Waals surface area contributed by atoms with Gasteiger partial charge in [-0.3, -0.25) is 0 Å². The second-order valence-electron chi connectivity index (χ2n) is 12.4. The van der Waals surface area contributed by atoms with Crippen LogP contribution in [0.1, 0.15) is 0 Å². The van der Waals surface area contributed by atoms with Crippen LogP contribution in [0.25, 0.3) is 100 Å². The lowest BCUT2D eigenvalue weighted by Gasteiger charge is -2.11. The van der Waals surface area contributed by atoms with Crippen molar-refractivity contribution in [3.8, 4) is 56.4 Å². The molecule has 0 spiro atoms. The molecule has 5 heteroatoms. The minimum absolute atomic E-state index is 0.602. The molecular formula is C45H27N3O2. The van der Waals surface area contributed by atoms with Crippen molar-refractivity contribution >= 4 is 43.9 Å². The minimum atomic E-state index is 0.602. The summed E-state index contributed by atoms with van der Waals surface area (Å²) in [5, 5.41) is 4.30. The Hall–Kier alpha value is -6.85. The topological polar surface area (TPSA) is 65.0 Å². The third kappa shape index (κ3) is 4.75. The number of hydrogen-bond acceptors (Lipinski definition) is 5. The zero-order chi connectivity index (χ0) is 33.0. The average molecular weight is 642 g/mol. The molecule has 0 aliphatic rings. The Balaban J connectivity index is 1.11. The molecule has 0 atom stereocenters. The first-order chi connectivity index (χ1) is 24.7. The van der Waals surface area contributed by atoms with Crippen LogP contribution in [-0.4, -0.2) is 15.0 Å². The van der Waals surface area contributed by atoms with Crippen LogP contribution in [0.15, 0.2) is 173 Å². The molecule has 0 aliphatic heterocycles. The lowest BCUT2D eigenvalue weighted by atomic mass is 9.99. The second-order valence-corrected chi connectivity index (χ2v) is 12.4. The zero-order valence-electron chi connectivity index (χ0n) is 26.7. The van der Waals surface area contributed by atoms with Crippen molar-refractivity contribution in [1.82, 2.24) is 15.0 Å². The van der Waals surface area contributed by atoms with Crippen LogP contribution in [0.5, 0.6) is 0 Å². The Morgan fingerprint density at radius 3 is 1.58 bits per heavy atom. The molecule has 0 saturated heterocycles. The van der Waals surface area contributed by atoms with Gasteiger partial charge in [-0.25, -0.2) is 15.0 Å². The second kappa shape index (κ2) is 11.4. The van der Waals surface area contributed by atoms with E-state index in [4.69, 9.17) is 23.8 Å². The predicted octanol–water partition coefficient (Wildman–Crippen LogP) is 12.0. The van der Waals surface area contributed by atoms with Crippen LogP contribution < -0.4 is 0 Å². The monoisotopic (exact) mass is 641 g/mol. The normalized spacial score (nSPS) is 11.6. The molecule has 0 radical (unpaired) electrons. The van der Waals surface area contributed by atoms with Crippen molar-refractivity contribution in [3.63, 3.8) is 0 Å². The summed E-state index contributed by atoms with van der Waals surface area (Å²) in [6, 6.07) is 55.8. The highest BCUT2D eigenvalue weighted by atomic mass is 16.3. The van der Waals surface area contributed by atoms with Crippen LogP contribution in [0.3, 0.4) is 0 Å². The Morgan fingerprint density at radius 1 is 0.300 bits per heavy atom. The molecule has 10 rings (SSSR count). The quantitative estimate of drug-likeness (QED) is 0.187. The maximum Gasteiger partial charge on any atom is 0.164 e. The molecule has 10 aromatic rings.